The molecule has 1 aromatic heterocycles. The molecule has 5 nitrogen and oxygen atoms in total. The first kappa shape index (κ1) is 12.6. The zero-order valence-electron chi connectivity index (χ0n) is 10.9. The Labute approximate surface area is 116 Å². The van der Waals surface area contributed by atoms with Crippen molar-refractivity contribution in [3.8, 4) is 11.3 Å². The minimum atomic E-state index is -0.941. The maximum Gasteiger partial charge on any atom is 0.335 e. The molecule has 0 radical (unpaired) electrons. The molecule has 0 spiro atoms. The van der Waals surface area contributed by atoms with Crippen molar-refractivity contribution in [3.05, 3.63) is 42.2 Å². The molecule has 1 saturated carbocycles. The maximum absolute atomic E-state index is 11.0. The predicted octanol–water partition coefficient (Wildman–Crippen LogP) is 2.66. The van der Waals surface area contributed by atoms with Gasteiger partial charge >= 0.3 is 5.97 Å². The zero-order valence-corrected chi connectivity index (χ0v) is 10.9. The van der Waals surface area contributed by atoms with Crippen LogP contribution in [0.4, 0.5) is 5.82 Å². The molecule has 3 rings (SSSR count). The van der Waals surface area contributed by atoms with Crippen molar-refractivity contribution >= 4 is 11.8 Å². The molecular weight excluding hydrogens is 254 g/mol. The number of carboxylic acids is 1. The molecule has 5 heteroatoms. The lowest BCUT2D eigenvalue weighted by Crippen LogP contribution is -2.07. The highest BCUT2D eigenvalue weighted by Crippen LogP contribution is 2.30. The van der Waals surface area contributed by atoms with E-state index in [1.165, 1.54) is 12.8 Å². The molecule has 0 aliphatic heterocycles. The third kappa shape index (κ3) is 2.77. The van der Waals surface area contributed by atoms with Crippen molar-refractivity contribution in [2.45, 2.75) is 12.8 Å². The van der Waals surface area contributed by atoms with Crippen LogP contribution in [0.15, 0.2) is 36.7 Å². The number of hydrogen-bond donors (Lipinski definition) is 2. The Morgan fingerprint density at radius 3 is 2.85 bits per heavy atom. The fourth-order valence-electron chi connectivity index (χ4n) is 2.04. The van der Waals surface area contributed by atoms with Gasteiger partial charge in [0.25, 0.3) is 0 Å². The molecule has 2 N–H and O–H groups in total. The van der Waals surface area contributed by atoms with Crippen LogP contribution in [0, 0.1) is 5.92 Å². The summed E-state index contributed by atoms with van der Waals surface area (Å²) in [7, 11) is 0. The van der Waals surface area contributed by atoms with Crippen molar-refractivity contribution in [1.82, 2.24) is 9.97 Å². The fourth-order valence-corrected chi connectivity index (χ4v) is 2.04. The van der Waals surface area contributed by atoms with Gasteiger partial charge in [0.15, 0.2) is 5.82 Å². The number of carboxylic acid groups (broad SMARTS) is 1. The van der Waals surface area contributed by atoms with Gasteiger partial charge in [-0.3, -0.25) is 4.98 Å². The van der Waals surface area contributed by atoms with Crippen molar-refractivity contribution in [3.63, 3.8) is 0 Å². The average molecular weight is 269 g/mol. The van der Waals surface area contributed by atoms with E-state index in [4.69, 9.17) is 5.11 Å². The van der Waals surface area contributed by atoms with Crippen LogP contribution in [0.2, 0.25) is 0 Å². The monoisotopic (exact) mass is 269 g/mol. The molecule has 0 bridgehead atoms. The van der Waals surface area contributed by atoms with Gasteiger partial charge in [-0.25, -0.2) is 9.78 Å². The van der Waals surface area contributed by atoms with E-state index in [1.807, 2.05) is 6.07 Å². The second-order valence-corrected chi connectivity index (χ2v) is 4.96. The summed E-state index contributed by atoms with van der Waals surface area (Å²) in [5.74, 6) is 0.500. The lowest BCUT2D eigenvalue weighted by molar-refractivity contribution is 0.0697. The molecule has 2 aromatic rings. The number of rotatable bonds is 5. The van der Waals surface area contributed by atoms with Gasteiger partial charge in [-0.15, -0.1) is 0 Å². The van der Waals surface area contributed by atoms with Crippen LogP contribution < -0.4 is 5.32 Å². The van der Waals surface area contributed by atoms with E-state index in [0.29, 0.717) is 11.5 Å². The van der Waals surface area contributed by atoms with Gasteiger partial charge < -0.3 is 10.4 Å². The highest BCUT2D eigenvalue weighted by Gasteiger charge is 2.21. The summed E-state index contributed by atoms with van der Waals surface area (Å²) in [5, 5.41) is 12.4. The molecular formula is C15H15N3O2. The quantitative estimate of drug-likeness (QED) is 0.872. The third-order valence-corrected chi connectivity index (χ3v) is 3.34. The lowest BCUT2D eigenvalue weighted by Gasteiger charge is -2.10. The SMILES string of the molecule is O=C(O)c1cccc(-c2nccnc2NCC2CC2)c1. The van der Waals surface area contributed by atoms with Gasteiger partial charge in [-0.1, -0.05) is 12.1 Å². The van der Waals surface area contributed by atoms with Crippen LogP contribution in [0.1, 0.15) is 23.2 Å². The first-order valence-electron chi connectivity index (χ1n) is 6.62. The predicted molar refractivity (Wildman–Crippen MR) is 75.6 cm³/mol. The summed E-state index contributed by atoms with van der Waals surface area (Å²) < 4.78 is 0. The molecule has 20 heavy (non-hydrogen) atoms. The number of carbonyl (C=O) groups is 1. The van der Waals surface area contributed by atoms with E-state index in [-0.39, 0.29) is 5.56 Å². The highest BCUT2D eigenvalue weighted by molar-refractivity contribution is 5.89. The van der Waals surface area contributed by atoms with E-state index >= 15 is 0 Å². The summed E-state index contributed by atoms with van der Waals surface area (Å²) >= 11 is 0. The zero-order chi connectivity index (χ0) is 13.9. The minimum absolute atomic E-state index is 0.251. The van der Waals surface area contributed by atoms with E-state index in [2.05, 4.69) is 15.3 Å². The molecule has 0 unspecified atom stereocenters. The van der Waals surface area contributed by atoms with Crippen molar-refractivity contribution in [1.29, 1.82) is 0 Å². The lowest BCUT2D eigenvalue weighted by atomic mass is 10.1. The summed E-state index contributed by atoms with van der Waals surface area (Å²) in [6, 6.07) is 6.76. The first-order chi connectivity index (χ1) is 9.74. The molecule has 0 saturated heterocycles. The van der Waals surface area contributed by atoms with Crippen LogP contribution in [0.25, 0.3) is 11.3 Å². The van der Waals surface area contributed by atoms with E-state index in [9.17, 15) is 4.79 Å². The summed E-state index contributed by atoms with van der Waals surface area (Å²) in [5.41, 5.74) is 1.70. The average Bonchev–Trinajstić information content (AvgIpc) is 3.30. The largest absolute Gasteiger partial charge is 0.478 e. The van der Waals surface area contributed by atoms with E-state index in [0.717, 1.165) is 18.0 Å². The molecule has 1 fully saturated rings. The Hall–Kier alpha value is -2.43. The third-order valence-electron chi connectivity index (χ3n) is 3.34. The van der Waals surface area contributed by atoms with Gasteiger partial charge in [0.2, 0.25) is 0 Å². The van der Waals surface area contributed by atoms with Crippen LogP contribution in [0.5, 0.6) is 0 Å². The molecule has 1 aliphatic carbocycles. The Bertz CT molecular complexity index is 639. The number of benzene rings is 1. The van der Waals surface area contributed by atoms with E-state index < -0.39 is 5.97 Å². The molecule has 0 atom stereocenters. The Balaban J connectivity index is 1.91. The number of nitrogens with one attached hydrogen (secondary N) is 1. The van der Waals surface area contributed by atoms with Gasteiger partial charge in [-0.05, 0) is 30.9 Å². The fraction of sp³-hybridized carbons (Fsp3) is 0.267. The van der Waals surface area contributed by atoms with Crippen molar-refractivity contribution in [2.75, 3.05) is 11.9 Å². The standard InChI is InChI=1S/C15H15N3O2/c19-15(20)12-3-1-2-11(8-12)13-14(17-7-6-16-13)18-9-10-4-5-10/h1-3,6-8,10H,4-5,9H2,(H,17,18)(H,19,20). The van der Waals surface area contributed by atoms with Crippen LogP contribution in [0.3, 0.4) is 0 Å². The highest BCUT2D eigenvalue weighted by atomic mass is 16.4. The summed E-state index contributed by atoms with van der Waals surface area (Å²) in [6.45, 7) is 0.893. The smallest absolute Gasteiger partial charge is 0.335 e. The topological polar surface area (TPSA) is 75.1 Å². The second-order valence-electron chi connectivity index (χ2n) is 4.96. The minimum Gasteiger partial charge on any atom is -0.478 e. The number of nitrogens with zero attached hydrogens (tertiary/aromatic N) is 2. The number of anilines is 1. The van der Waals surface area contributed by atoms with Gasteiger partial charge in [0, 0.05) is 24.5 Å². The van der Waals surface area contributed by atoms with Crippen LogP contribution in [-0.2, 0) is 0 Å². The van der Waals surface area contributed by atoms with Gasteiger partial charge in [-0.2, -0.15) is 0 Å². The van der Waals surface area contributed by atoms with Crippen molar-refractivity contribution < 1.29 is 9.90 Å². The molecule has 0 amide bonds. The summed E-state index contributed by atoms with van der Waals surface area (Å²) in [4.78, 5) is 19.7. The number of hydrogen-bond acceptors (Lipinski definition) is 4. The van der Waals surface area contributed by atoms with Crippen LogP contribution >= 0.6 is 0 Å². The number of aromatic nitrogens is 2. The van der Waals surface area contributed by atoms with Crippen LogP contribution in [-0.4, -0.2) is 27.6 Å². The maximum atomic E-state index is 11.0. The van der Waals surface area contributed by atoms with E-state index in [1.54, 1.807) is 30.6 Å². The van der Waals surface area contributed by atoms with Gasteiger partial charge in [0.1, 0.15) is 5.69 Å². The first-order valence-corrected chi connectivity index (χ1v) is 6.62. The molecule has 1 aliphatic rings. The molecule has 102 valence electrons. The Kier molecular flexibility index (Phi) is 3.33. The summed E-state index contributed by atoms with van der Waals surface area (Å²) in [6.07, 6.45) is 5.78. The molecule has 1 aromatic carbocycles. The Morgan fingerprint density at radius 2 is 2.10 bits per heavy atom. The molecule has 1 heterocycles. The van der Waals surface area contributed by atoms with Crippen molar-refractivity contribution in [2.24, 2.45) is 5.92 Å². The second kappa shape index (κ2) is 5.28. The Morgan fingerprint density at radius 1 is 1.30 bits per heavy atom. The van der Waals surface area contributed by atoms with Gasteiger partial charge in [0.05, 0.1) is 5.56 Å². The number of aromatic carboxylic acids is 1. The normalized spacial score (nSPS) is 14.0.